The molecule has 1 aliphatic rings. The van der Waals surface area contributed by atoms with Gasteiger partial charge in [-0.1, -0.05) is 61.5 Å². The van der Waals surface area contributed by atoms with Crippen molar-refractivity contribution in [2.45, 2.75) is 69.8 Å². The first kappa shape index (κ1) is 30.8. The third-order valence-corrected chi connectivity index (χ3v) is 8.32. The van der Waals surface area contributed by atoms with Gasteiger partial charge in [-0.05, 0) is 36.1 Å². The van der Waals surface area contributed by atoms with Crippen LogP contribution in [0.25, 0.3) is 0 Å². The number of aliphatic hydroxyl groups excluding tert-OH is 1. The van der Waals surface area contributed by atoms with Crippen LogP contribution < -0.4 is 10.6 Å². The van der Waals surface area contributed by atoms with Crippen LogP contribution in [0.3, 0.4) is 0 Å². The van der Waals surface area contributed by atoms with Gasteiger partial charge in [0.1, 0.15) is 0 Å². The van der Waals surface area contributed by atoms with Crippen LogP contribution in [0.5, 0.6) is 0 Å². The topological polar surface area (TPSA) is 115 Å². The predicted molar refractivity (Wildman–Crippen MR) is 159 cm³/mol. The molecule has 3 N–H and O–H groups in total. The molecule has 0 aliphatic carbocycles. The minimum absolute atomic E-state index is 0.00832. The number of anilines is 1. The molecule has 0 saturated carbocycles. The van der Waals surface area contributed by atoms with Crippen LogP contribution in [0, 0.1) is 5.92 Å². The number of hydrogen-bond acceptors (Lipinski definition) is 7. The number of hydrogen-bond donors (Lipinski definition) is 3. The van der Waals surface area contributed by atoms with Gasteiger partial charge >= 0.3 is 0 Å². The molecular formula is C31H40N4O5S. The quantitative estimate of drug-likeness (QED) is 0.190. The molecule has 1 aromatic heterocycles. The maximum Gasteiger partial charge on any atom is 0.224 e. The molecule has 4 unspecified atom stereocenters. The van der Waals surface area contributed by atoms with Crippen molar-refractivity contribution in [3.8, 4) is 0 Å². The number of nitrogens with zero attached hydrogens (tertiary/aromatic N) is 2. The second-order valence-corrected chi connectivity index (χ2v) is 11.4. The lowest BCUT2D eigenvalue weighted by Gasteiger charge is -2.41. The molecule has 1 aliphatic heterocycles. The van der Waals surface area contributed by atoms with Crippen LogP contribution in [-0.2, 0) is 32.7 Å². The van der Waals surface area contributed by atoms with E-state index in [2.05, 4.69) is 22.5 Å². The van der Waals surface area contributed by atoms with Crippen molar-refractivity contribution in [3.63, 3.8) is 0 Å². The second-order valence-electron chi connectivity index (χ2n) is 10.4. The van der Waals surface area contributed by atoms with Gasteiger partial charge < -0.3 is 29.8 Å². The lowest BCUT2D eigenvalue weighted by molar-refractivity contribution is -0.268. The number of aromatic nitrogens is 2. The number of rotatable bonds is 13. The van der Waals surface area contributed by atoms with Gasteiger partial charge in [-0.25, -0.2) is 4.98 Å². The molecule has 4 atom stereocenters. The highest BCUT2D eigenvalue weighted by molar-refractivity contribution is 7.99. The average molecular weight is 581 g/mol. The average Bonchev–Trinajstić information content (AvgIpc) is 3.38. The van der Waals surface area contributed by atoms with Gasteiger partial charge in [0.2, 0.25) is 11.8 Å². The number of aliphatic hydroxyl groups is 1. The number of ether oxygens (including phenoxy) is 2. The molecule has 9 nitrogen and oxygen atoms in total. The van der Waals surface area contributed by atoms with Crippen LogP contribution >= 0.6 is 11.8 Å². The molecule has 4 rings (SSSR count). The monoisotopic (exact) mass is 580 g/mol. The van der Waals surface area contributed by atoms with E-state index in [0.717, 1.165) is 41.1 Å². The molecule has 2 amide bonds. The van der Waals surface area contributed by atoms with Gasteiger partial charge in [-0.15, -0.1) is 0 Å². The van der Waals surface area contributed by atoms with E-state index < -0.39 is 6.29 Å². The summed E-state index contributed by atoms with van der Waals surface area (Å²) in [5, 5.41) is 16.2. The van der Waals surface area contributed by atoms with Crippen molar-refractivity contribution in [3.05, 3.63) is 77.6 Å². The number of unbranched alkanes of at least 4 members (excludes halogenated alkanes) is 2. The summed E-state index contributed by atoms with van der Waals surface area (Å²) in [4.78, 5) is 28.0. The molecule has 0 radical (unpaired) electrons. The maximum absolute atomic E-state index is 12.6. The minimum atomic E-state index is -0.619. The van der Waals surface area contributed by atoms with Gasteiger partial charge in [0.15, 0.2) is 11.4 Å². The summed E-state index contributed by atoms with van der Waals surface area (Å²) in [6.45, 7) is 4.26. The fraction of sp³-hybridized carbons (Fsp3) is 0.452. The van der Waals surface area contributed by atoms with Crippen molar-refractivity contribution >= 4 is 29.3 Å². The molecule has 1 saturated heterocycles. The summed E-state index contributed by atoms with van der Waals surface area (Å²) in [5.41, 5.74) is 3.40. The van der Waals surface area contributed by atoms with Crippen LogP contribution in [0.2, 0.25) is 0 Å². The molecule has 0 bridgehead atoms. The van der Waals surface area contributed by atoms with Crippen molar-refractivity contribution in [1.29, 1.82) is 0 Å². The van der Waals surface area contributed by atoms with Crippen LogP contribution in [0.1, 0.15) is 68.6 Å². The number of carbonyl (C=O) groups excluding carboxylic acids is 2. The Bertz CT molecular complexity index is 1280. The van der Waals surface area contributed by atoms with Crippen molar-refractivity contribution in [2.75, 3.05) is 17.6 Å². The molecular weight excluding hydrogens is 540 g/mol. The van der Waals surface area contributed by atoms with Crippen LogP contribution in [-0.4, -0.2) is 44.9 Å². The fourth-order valence-electron chi connectivity index (χ4n) is 4.80. The highest BCUT2D eigenvalue weighted by atomic mass is 32.2. The Labute approximate surface area is 246 Å². The van der Waals surface area contributed by atoms with Gasteiger partial charge in [0.25, 0.3) is 0 Å². The molecule has 2 heterocycles. The van der Waals surface area contributed by atoms with Gasteiger partial charge in [0.05, 0.1) is 18.8 Å². The van der Waals surface area contributed by atoms with Crippen molar-refractivity contribution in [2.24, 2.45) is 13.0 Å². The Morgan fingerprint density at radius 3 is 2.59 bits per heavy atom. The second kappa shape index (κ2) is 15.2. The normalized spacial score (nSPS) is 20.5. The summed E-state index contributed by atoms with van der Waals surface area (Å²) in [6.07, 6.45) is 5.65. The third-order valence-electron chi connectivity index (χ3n) is 7.17. The summed E-state index contributed by atoms with van der Waals surface area (Å²) >= 11 is 1.65. The van der Waals surface area contributed by atoms with Crippen LogP contribution in [0.15, 0.2) is 66.1 Å². The third kappa shape index (κ3) is 8.90. The molecule has 10 heteroatoms. The molecule has 41 heavy (non-hydrogen) atoms. The first-order valence-corrected chi connectivity index (χ1v) is 15.1. The minimum Gasteiger partial charge on any atom is -0.392 e. The lowest BCUT2D eigenvalue weighted by Crippen LogP contribution is -2.38. The fourth-order valence-corrected chi connectivity index (χ4v) is 5.89. The first-order chi connectivity index (χ1) is 19.8. The SMILES string of the molecule is CC(=O)NCCCCCC(=O)Nc1cccc(C2OC(CSc3nccn3C)C(C)C(c3ccc(CO)cc3)O2)c1. The Morgan fingerprint density at radius 1 is 1.07 bits per heavy atom. The van der Waals surface area contributed by atoms with E-state index in [9.17, 15) is 14.7 Å². The number of amides is 2. The van der Waals surface area contributed by atoms with E-state index in [-0.39, 0.29) is 36.5 Å². The van der Waals surface area contributed by atoms with Gasteiger partial charge in [-0.2, -0.15) is 0 Å². The highest BCUT2D eigenvalue weighted by Gasteiger charge is 2.38. The molecule has 3 aromatic rings. The zero-order chi connectivity index (χ0) is 29.2. The van der Waals surface area contributed by atoms with Crippen molar-refractivity contribution < 1.29 is 24.2 Å². The molecule has 0 spiro atoms. The predicted octanol–water partition coefficient (Wildman–Crippen LogP) is 5.13. The number of nitrogens with one attached hydrogen (secondary N) is 2. The zero-order valence-electron chi connectivity index (χ0n) is 23.9. The Balaban J connectivity index is 1.43. The summed E-state index contributed by atoms with van der Waals surface area (Å²) in [7, 11) is 1.98. The largest absolute Gasteiger partial charge is 0.392 e. The summed E-state index contributed by atoms with van der Waals surface area (Å²) in [6, 6.07) is 15.5. The van der Waals surface area contributed by atoms with Gasteiger partial charge in [-0.3, -0.25) is 9.59 Å². The van der Waals surface area contributed by atoms with Crippen molar-refractivity contribution in [1.82, 2.24) is 14.9 Å². The number of aryl methyl sites for hydroxylation is 1. The smallest absolute Gasteiger partial charge is 0.224 e. The number of benzene rings is 2. The zero-order valence-corrected chi connectivity index (χ0v) is 24.7. The van der Waals surface area contributed by atoms with E-state index in [4.69, 9.17) is 9.47 Å². The molecule has 2 aromatic carbocycles. The summed E-state index contributed by atoms with van der Waals surface area (Å²) in [5.74, 6) is 0.682. The number of imidazole rings is 1. The molecule has 220 valence electrons. The summed E-state index contributed by atoms with van der Waals surface area (Å²) < 4.78 is 15.1. The van der Waals surface area contributed by atoms with Gasteiger partial charge in [0, 0.05) is 62.3 Å². The number of thioether (sulfide) groups is 1. The Morgan fingerprint density at radius 2 is 1.88 bits per heavy atom. The Hall–Kier alpha value is -3.18. The highest BCUT2D eigenvalue weighted by Crippen LogP contribution is 2.43. The lowest BCUT2D eigenvalue weighted by atomic mass is 9.91. The number of carbonyl (C=O) groups is 2. The van der Waals surface area contributed by atoms with E-state index in [1.165, 1.54) is 6.92 Å². The van der Waals surface area contributed by atoms with E-state index in [1.807, 2.05) is 66.3 Å². The maximum atomic E-state index is 12.6. The van der Waals surface area contributed by atoms with E-state index in [1.54, 1.807) is 18.0 Å². The Kier molecular flexibility index (Phi) is 11.4. The van der Waals surface area contributed by atoms with E-state index >= 15 is 0 Å². The molecule has 1 fully saturated rings. The first-order valence-electron chi connectivity index (χ1n) is 14.1. The van der Waals surface area contributed by atoms with E-state index in [0.29, 0.717) is 24.4 Å². The van der Waals surface area contributed by atoms with Crippen LogP contribution in [0.4, 0.5) is 5.69 Å². The standard InChI is InChI=1S/C31H40N4O5S/c1-21-27(20-41-31-33-16-17-35(31)3)39-30(40-29(21)24-13-11-23(19-36)12-14-24)25-8-7-9-26(18-25)34-28(38)10-5-4-6-15-32-22(2)37/h7-9,11-14,16-18,21,27,29-30,36H,4-6,10,15,19-20H2,1-3H3,(H,32,37)(H,34,38).